The Labute approximate surface area is 138 Å². The number of aromatic nitrogens is 2. The van der Waals surface area contributed by atoms with Crippen LogP contribution in [0, 0.1) is 18.6 Å². The molecule has 0 spiro atoms. The van der Waals surface area contributed by atoms with Crippen LogP contribution in [0.25, 0.3) is 0 Å². The summed E-state index contributed by atoms with van der Waals surface area (Å²) < 4.78 is 26.3. The van der Waals surface area contributed by atoms with Crippen molar-refractivity contribution >= 4 is 23.9 Å². The van der Waals surface area contributed by atoms with Crippen molar-refractivity contribution < 1.29 is 13.6 Å². The normalized spacial score (nSPS) is 14.6. The average Bonchev–Trinajstić information content (AvgIpc) is 2.58. The number of rotatable bonds is 4. The Morgan fingerprint density at radius 3 is 2.50 bits per heavy atom. The van der Waals surface area contributed by atoms with Crippen LogP contribution in [-0.2, 0) is 4.79 Å². The molecule has 3 rings (SSSR count). The van der Waals surface area contributed by atoms with Crippen molar-refractivity contribution in [1.82, 2.24) is 14.9 Å². The molecule has 1 saturated heterocycles. The zero-order valence-electron chi connectivity index (χ0n) is 13.2. The van der Waals surface area contributed by atoms with E-state index in [1.807, 2.05) is 13.0 Å². The fourth-order valence-electron chi connectivity index (χ4n) is 2.53. The van der Waals surface area contributed by atoms with Gasteiger partial charge in [0.05, 0.1) is 0 Å². The van der Waals surface area contributed by atoms with Crippen molar-refractivity contribution in [3.8, 4) is 0 Å². The smallest absolute Gasteiger partial charge is 0.229 e. The zero-order valence-corrected chi connectivity index (χ0v) is 13.2. The second-order valence-electron chi connectivity index (χ2n) is 5.57. The number of anilines is 3. The van der Waals surface area contributed by atoms with Crippen molar-refractivity contribution in [2.75, 3.05) is 36.4 Å². The highest BCUT2D eigenvalue weighted by atomic mass is 19.2. The second-order valence-corrected chi connectivity index (χ2v) is 5.57. The lowest BCUT2D eigenvalue weighted by Gasteiger charge is -2.33. The molecule has 1 N–H and O–H groups in total. The molecule has 0 unspecified atom stereocenters. The van der Waals surface area contributed by atoms with E-state index in [9.17, 15) is 13.6 Å². The van der Waals surface area contributed by atoms with E-state index in [4.69, 9.17) is 0 Å². The number of piperazine rings is 1. The van der Waals surface area contributed by atoms with Gasteiger partial charge >= 0.3 is 0 Å². The predicted octanol–water partition coefficient (Wildman–Crippen LogP) is 2.09. The van der Waals surface area contributed by atoms with Crippen LogP contribution in [0.15, 0.2) is 24.3 Å². The minimum Gasteiger partial charge on any atom is -0.353 e. The van der Waals surface area contributed by atoms with Crippen molar-refractivity contribution in [2.45, 2.75) is 6.92 Å². The van der Waals surface area contributed by atoms with Crippen LogP contribution in [0.1, 0.15) is 5.69 Å². The molecule has 1 aliphatic rings. The van der Waals surface area contributed by atoms with Gasteiger partial charge in [0.2, 0.25) is 12.4 Å². The Hall–Kier alpha value is -2.77. The summed E-state index contributed by atoms with van der Waals surface area (Å²) in [6, 6.07) is 5.39. The Balaban J connectivity index is 1.78. The minimum atomic E-state index is -0.933. The van der Waals surface area contributed by atoms with Crippen LogP contribution >= 0.6 is 0 Å². The molecule has 1 aromatic carbocycles. The molecular formula is C16H17F2N5O. The second kappa shape index (κ2) is 6.77. The number of hydrogen-bond acceptors (Lipinski definition) is 5. The van der Waals surface area contributed by atoms with Gasteiger partial charge in [-0.05, 0) is 19.1 Å². The monoisotopic (exact) mass is 333 g/mol. The first-order valence-electron chi connectivity index (χ1n) is 7.57. The van der Waals surface area contributed by atoms with Gasteiger partial charge in [-0.2, -0.15) is 4.98 Å². The largest absolute Gasteiger partial charge is 0.353 e. The Morgan fingerprint density at radius 1 is 1.08 bits per heavy atom. The van der Waals surface area contributed by atoms with Crippen LogP contribution in [0.3, 0.4) is 0 Å². The van der Waals surface area contributed by atoms with Gasteiger partial charge in [0.15, 0.2) is 11.6 Å². The number of halogens is 2. The summed E-state index contributed by atoms with van der Waals surface area (Å²) in [5.41, 5.74) is 1.12. The number of nitrogens with zero attached hydrogens (tertiary/aromatic N) is 4. The number of hydrogen-bond donors (Lipinski definition) is 1. The van der Waals surface area contributed by atoms with E-state index in [1.54, 1.807) is 4.90 Å². The highest BCUT2D eigenvalue weighted by Crippen LogP contribution is 2.20. The third kappa shape index (κ3) is 3.58. The lowest BCUT2D eigenvalue weighted by Crippen LogP contribution is -2.46. The summed E-state index contributed by atoms with van der Waals surface area (Å²) in [6.45, 7) is 4.47. The van der Waals surface area contributed by atoms with Gasteiger partial charge < -0.3 is 15.1 Å². The van der Waals surface area contributed by atoms with Gasteiger partial charge in [-0.1, -0.05) is 0 Å². The summed E-state index contributed by atoms with van der Waals surface area (Å²) in [7, 11) is 0. The Kier molecular flexibility index (Phi) is 4.54. The van der Waals surface area contributed by atoms with E-state index in [-0.39, 0.29) is 0 Å². The molecule has 2 heterocycles. The molecule has 2 aromatic rings. The molecular weight excluding hydrogens is 316 g/mol. The fraction of sp³-hybridized carbons (Fsp3) is 0.312. The van der Waals surface area contributed by atoms with E-state index >= 15 is 0 Å². The molecule has 0 atom stereocenters. The van der Waals surface area contributed by atoms with Crippen molar-refractivity contribution in [1.29, 1.82) is 0 Å². The summed E-state index contributed by atoms with van der Waals surface area (Å²) in [5.74, 6) is -0.788. The maximum absolute atomic E-state index is 13.3. The van der Waals surface area contributed by atoms with Crippen LogP contribution in [0.2, 0.25) is 0 Å². The van der Waals surface area contributed by atoms with E-state index < -0.39 is 11.6 Å². The summed E-state index contributed by atoms with van der Waals surface area (Å²) >= 11 is 0. The first-order chi connectivity index (χ1) is 11.5. The van der Waals surface area contributed by atoms with Crippen LogP contribution < -0.4 is 10.2 Å². The Morgan fingerprint density at radius 2 is 1.83 bits per heavy atom. The lowest BCUT2D eigenvalue weighted by molar-refractivity contribution is -0.118. The molecule has 1 amide bonds. The number of nitrogens with one attached hydrogen (secondary N) is 1. The van der Waals surface area contributed by atoms with Gasteiger partial charge in [0.1, 0.15) is 5.82 Å². The first kappa shape index (κ1) is 16.1. The van der Waals surface area contributed by atoms with Gasteiger partial charge in [0.25, 0.3) is 0 Å². The molecule has 8 heteroatoms. The molecule has 0 aliphatic carbocycles. The van der Waals surface area contributed by atoms with Crippen molar-refractivity contribution in [3.05, 3.63) is 41.6 Å². The quantitative estimate of drug-likeness (QED) is 0.868. The van der Waals surface area contributed by atoms with E-state index in [0.29, 0.717) is 37.8 Å². The average molecular weight is 333 g/mol. The molecule has 1 aromatic heterocycles. The topological polar surface area (TPSA) is 61.4 Å². The van der Waals surface area contributed by atoms with Crippen LogP contribution in [0.5, 0.6) is 0 Å². The molecule has 1 fully saturated rings. The highest BCUT2D eigenvalue weighted by molar-refractivity contribution is 5.56. The third-order valence-corrected chi connectivity index (χ3v) is 3.80. The summed E-state index contributed by atoms with van der Waals surface area (Å²) in [5, 5.41) is 2.89. The fourth-order valence-corrected chi connectivity index (χ4v) is 2.53. The maximum Gasteiger partial charge on any atom is 0.229 e. The van der Waals surface area contributed by atoms with E-state index in [1.165, 1.54) is 6.07 Å². The predicted molar refractivity (Wildman–Crippen MR) is 86.3 cm³/mol. The minimum absolute atomic E-state index is 0.314. The Bertz CT molecular complexity index is 747. The SMILES string of the molecule is Cc1cc(N2CCN(C=O)CC2)nc(Nc2ccc(F)c(F)c2)n1. The van der Waals surface area contributed by atoms with Crippen molar-refractivity contribution in [2.24, 2.45) is 0 Å². The van der Waals surface area contributed by atoms with Gasteiger partial charge in [0, 0.05) is 49.7 Å². The molecule has 0 radical (unpaired) electrons. The number of aryl methyl sites for hydroxylation is 1. The zero-order chi connectivity index (χ0) is 17.1. The number of carbonyl (C=O) groups is 1. The standard InChI is InChI=1S/C16H17F2N5O/c1-11-8-15(23-6-4-22(10-24)5-7-23)21-16(19-11)20-12-2-3-13(17)14(18)9-12/h2-3,8-10H,4-7H2,1H3,(H,19,20,21). The molecule has 6 nitrogen and oxygen atoms in total. The molecule has 126 valence electrons. The van der Waals surface area contributed by atoms with Gasteiger partial charge in [-0.15, -0.1) is 0 Å². The summed E-state index contributed by atoms with van der Waals surface area (Å²) in [4.78, 5) is 23.3. The third-order valence-electron chi connectivity index (χ3n) is 3.80. The number of benzene rings is 1. The van der Waals surface area contributed by atoms with Crippen LogP contribution in [0.4, 0.5) is 26.2 Å². The molecule has 0 saturated carbocycles. The van der Waals surface area contributed by atoms with Gasteiger partial charge in [-0.3, -0.25) is 4.79 Å². The first-order valence-corrected chi connectivity index (χ1v) is 7.57. The maximum atomic E-state index is 13.3. The molecule has 24 heavy (non-hydrogen) atoms. The van der Waals surface area contributed by atoms with E-state index in [0.717, 1.165) is 30.1 Å². The highest BCUT2D eigenvalue weighted by Gasteiger charge is 2.18. The number of amides is 1. The lowest BCUT2D eigenvalue weighted by atomic mass is 10.3. The van der Waals surface area contributed by atoms with E-state index in [2.05, 4.69) is 20.2 Å². The van der Waals surface area contributed by atoms with Gasteiger partial charge in [-0.25, -0.2) is 13.8 Å². The molecule has 1 aliphatic heterocycles. The van der Waals surface area contributed by atoms with Crippen molar-refractivity contribution in [3.63, 3.8) is 0 Å². The molecule has 0 bridgehead atoms. The number of carbonyl (C=O) groups excluding carboxylic acids is 1. The summed E-state index contributed by atoms with van der Waals surface area (Å²) in [6.07, 6.45) is 0.846. The van der Waals surface area contributed by atoms with Crippen LogP contribution in [-0.4, -0.2) is 47.5 Å².